The third-order valence-corrected chi connectivity index (χ3v) is 4.85. The molecule has 2 aromatic rings. The number of amides is 1. The second-order valence-corrected chi connectivity index (χ2v) is 6.37. The molecular formula is C19H20ClNO2. The van der Waals surface area contributed by atoms with Gasteiger partial charge < -0.3 is 9.64 Å². The predicted octanol–water partition coefficient (Wildman–Crippen LogP) is 3.92. The summed E-state index contributed by atoms with van der Waals surface area (Å²) in [5.74, 6) is 0.708. The van der Waals surface area contributed by atoms with Crippen molar-refractivity contribution in [3.8, 4) is 5.75 Å². The molecule has 0 aliphatic carbocycles. The molecule has 0 fully saturated rings. The molecule has 1 heterocycles. The first kappa shape index (κ1) is 15.9. The maximum absolute atomic E-state index is 12.4. The van der Waals surface area contributed by atoms with Crippen LogP contribution in [0.2, 0.25) is 5.02 Å². The van der Waals surface area contributed by atoms with E-state index in [2.05, 4.69) is 12.1 Å². The molecule has 0 N–H and O–H groups in total. The summed E-state index contributed by atoms with van der Waals surface area (Å²) in [5, 5.41) is 0.747. The van der Waals surface area contributed by atoms with E-state index in [0.717, 1.165) is 29.1 Å². The molecule has 1 amide bonds. The molecule has 0 saturated heterocycles. The van der Waals surface area contributed by atoms with E-state index >= 15 is 0 Å². The molecule has 120 valence electrons. The van der Waals surface area contributed by atoms with Gasteiger partial charge in [-0.05, 0) is 54.7 Å². The van der Waals surface area contributed by atoms with E-state index < -0.39 is 0 Å². The van der Waals surface area contributed by atoms with E-state index in [1.807, 2.05) is 43.0 Å². The van der Waals surface area contributed by atoms with Gasteiger partial charge in [0.1, 0.15) is 5.75 Å². The molecule has 23 heavy (non-hydrogen) atoms. The number of fused-ring (bicyclic) bond motifs is 1. The first-order valence-electron chi connectivity index (χ1n) is 7.78. The molecule has 4 heteroatoms. The largest absolute Gasteiger partial charge is 0.484 e. The van der Waals surface area contributed by atoms with E-state index in [9.17, 15) is 4.79 Å². The Morgan fingerprint density at radius 2 is 1.83 bits per heavy atom. The Hall–Kier alpha value is -2.00. The lowest BCUT2D eigenvalue weighted by Gasteiger charge is -2.28. The number of hydrogen-bond acceptors (Lipinski definition) is 2. The topological polar surface area (TPSA) is 29.5 Å². The van der Waals surface area contributed by atoms with Gasteiger partial charge in [-0.2, -0.15) is 0 Å². The molecule has 0 bridgehead atoms. The minimum Gasteiger partial charge on any atom is -0.484 e. The minimum absolute atomic E-state index is 0.0183. The van der Waals surface area contributed by atoms with Gasteiger partial charge in [0, 0.05) is 18.1 Å². The van der Waals surface area contributed by atoms with Crippen LogP contribution in [0.4, 0.5) is 0 Å². The second-order valence-electron chi connectivity index (χ2n) is 5.99. The van der Waals surface area contributed by atoms with Crippen LogP contribution in [-0.2, 0) is 17.8 Å². The lowest BCUT2D eigenvalue weighted by atomic mass is 10.00. The third kappa shape index (κ3) is 3.50. The van der Waals surface area contributed by atoms with E-state index in [-0.39, 0.29) is 12.5 Å². The lowest BCUT2D eigenvalue weighted by Crippen LogP contribution is -2.38. The van der Waals surface area contributed by atoms with Gasteiger partial charge in [0.05, 0.1) is 0 Å². The highest BCUT2D eigenvalue weighted by Gasteiger charge is 2.20. The number of ether oxygens (including phenoxy) is 1. The number of nitrogens with zero attached hydrogens (tertiary/aromatic N) is 1. The molecular weight excluding hydrogens is 310 g/mol. The van der Waals surface area contributed by atoms with E-state index in [4.69, 9.17) is 16.3 Å². The van der Waals surface area contributed by atoms with Crippen molar-refractivity contribution >= 4 is 17.5 Å². The number of benzene rings is 2. The van der Waals surface area contributed by atoms with Crippen LogP contribution in [0.5, 0.6) is 5.75 Å². The third-order valence-electron chi connectivity index (χ3n) is 4.26. The zero-order valence-corrected chi connectivity index (χ0v) is 14.2. The predicted molar refractivity (Wildman–Crippen MR) is 92.0 cm³/mol. The number of hydrogen-bond donors (Lipinski definition) is 0. The van der Waals surface area contributed by atoms with Gasteiger partial charge in [0.25, 0.3) is 5.91 Å². The molecule has 1 aliphatic rings. The van der Waals surface area contributed by atoms with Crippen molar-refractivity contribution in [2.45, 2.75) is 26.8 Å². The summed E-state index contributed by atoms with van der Waals surface area (Å²) in [7, 11) is 0. The van der Waals surface area contributed by atoms with Gasteiger partial charge in [-0.25, -0.2) is 0 Å². The second kappa shape index (κ2) is 6.63. The minimum atomic E-state index is 0.0183. The molecule has 2 aromatic carbocycles. The Kier molecular flexibility index (Phi) is 4.58. The summed E-state index contributed by atoms with van der Waals surface area (Å²) >= 11 is 6.15. The van der Waals surface area contributed by atoms with Crippen LogP contribution < -0.4 is 4.74 Å². The summed E-state index contributed by atoms with van der Waals surface area (Å²) in [6.45, 7) is 5.34. The van der Waals surface area contributed by atoms with Crippen LogP contribution in [0.1, 0.15) is 22.3 Å². The van der Waals surface area contributed by atoms with Crippen LogP contribution in [0.25, 0.3) is 0 Å². The molecule has 0 atom stereocenters. The summed E-state index contributed by atoms with van der Waals surface area (Å²) in [6.07, 6.45) is 0.904. The van der Waals surface area contributed by atoms with Crippen molar-refractivity contribution < 1.29 is 9.53 Å². The van der Waals surface area contributed by atoms with Gasteiger partial charge >= 0.3 is 0 Å². The summed E-state index contributed by atoms with van der Waals surface area (Å²) in [4.78, 5) is 14.3. The maximum Gasteiger partial charge on any atom is 0.260 e. The molecule has 0 unspecified atom stereocenters. The molecule has 0 aromatic heterocycles. The Morgan fingerprint density at radius 1 is 1.17 bits per heavy atom. The highest BCUT2D eigenvalue weighted by atomic mass is 35.5. The summed E-state index contributed by atoms with van der Waals surface area (Å²) in [5.41, 5.74) is 4.48. The van der Waals surface area contributed by atoms with Crippen LogP contribution >= 0.6 is 11.6 Å². The maximum atomic E-state index is 12.4. The Morgan fingerprint density at radius 3 is 2.52 bits per heavy atom. The molecule has 0 spiro atoms. The van der Waals surface area contributed by atoms with Crippen molar-refractivity contribution in [1.29, 1.82) is 0 Å². The van der Waals surface area contributed by atoms with Crippen LogP contribution in [0.15, 0.2) is 36.4 Å². The van der Waals surface area contributed by atoms with Gasteiger partial charge in [-0.1, -0.05) is 35.9 Å². The van der Waals surface area contributed by atoms with Gasteiger partial charge in [0.15, 0.2) is 6.61 Å². The number of carbonyl (C=O) groups excluding carboxylic acids is 1. The normalized spacial score (nSPS) is 13.6. The zero-order chi connectivity index (χ0) is 16.4. The number of rotatable bonds is 3. The van der Waals surface area contributed by atoms with Crippen molar-refractivity contribution in [1.82, 2.24) is 4.90 Å². The number of halogens is 1. The Balaban J connectivity index is 1.62. The number of aryl methyl sites for hydroxylation is 2. The van der Waals surface area contributed by atoms with Gasteiger partial charge in [-0.15, -0.1) is 0 Å². The van der Waals surface area contributed by atoms with Crippen LogP contribution in [0.3, 0.4) is 0 Å². The fourth-order valence-electron chi connectivity index (χ4n) is 2.93. The van der Waals surface area contributed by atoms with Crippen LogP contribution in [0, 0.1) is 13.8 Å². The molecule has 1 aliphatic heterocycles. The average Bonchev–Trinajstić information content (AvgIpc) is 2.57. The highest BCUT2D eigenvalue weighted by molar-refractivity contribution is 6.32. The van der Waals surface area contributed by atoms with Crippen molar-refractivity contribution in [2.75, 3.05) is 13.2 Å². The van der Waals surface area contributed by atoms with Crippen molar-refractivity contribution in [3.63, 3.8) is 0 Å². The fraction of sp³-hybridized carbons (Fsp3) is 0.316. The van der Waals surface area contributed by atoms with Gasteiger partial charge in [-0.3, -0.25) is 4.79 Å². The Labute approximate surface area is 141 Å². The average molecular weight is 330 g/mol. The fourth-order valence-corrected chi connectivity index (χ4v) is 3.04. The SMILES string of the molecule is Cc1cc(OCC(=O)N2CCc3ccccc3C2)cc(C)c1Cl. The van der Waals surface area contributed by atoms with Gasteiger partial charge in [0.2, 0.25) is 0 Å². The smallest absolute Gasteiger partial charge is 0.260 e. The first-order chi connectivity index (χ1) is 11.0. The van der Waals surface area contributed by atoms with Crippen molar-refractivity contribution in [3.05, 3.63) is 63.7 Å². The molecule has 3 rings (SSSR count). The summed E-state index contributed by atoms with van der Waals surface area (Å²) in [6, 6.07) is 12.0. The lowest BCUT2D eigenvalue weighted by molar-refractivity contribution is -0.134. The van der Waals surface area contributed by atoms with E-state index in [1.54, 1.807) is 0 Å². The standard InChI is InChI=1S/C19H20ClNO2/c1-13-9-17(10-14(2)19(13)20)23-12-18(22)21-8-7-15-5-3-4-6-16(15)11-21/h3-6,9-10H,7-8,11-12H2,1-2H3. The first-order valence-corrected chi connectivity index (χ1v) is 8.16. The van der Waals surface area contributed by atoms with E-state index in [0.29, 0.717) is 12.3 Å². The monoisotopic (exact) mass is 329 g/mol. The van der Waals surface area contributed by atoms with E-state index in [1.165, 1.54) is 11.1 Å². The number of carbonyl (C=O) groups is 1. The van der Waals surface area contributed by atoms with Crippen LogP contribution in [-0.4, -0.2) is 24.0 Å². The zero-order valence-electron chi connectivity index (χ0n) is 13.4. The summed E-state index contributed by atoms with van der Waals surface area (Å²) < 4.78 is 5.68. The Bertz CT molecular complexity index is 719. The van der Waals surface area contributed by atoms with Crippen molar-refractivity contribution in [2.24, 2.45) is 0 Å². The molecule has 3 nitrogen and oxygen atoms in total. The quantitative estimate of drug-likeness (QED) is 0.854. The molecule has 0 saturated carbocycles. The highest BCUT2D eigenvalue weighted by Crippen LogP contribution is 2.26. The molecule has 0 radical (unpaired) electrons.